The van der Waals surface area contributed by atoms with Gasteiger partial charge in [0.05, 0.1) is 12.8 Å². The van der Waals surface area contributed by atoms with Crippen molar-refractivity contribution in [2.24, 2.45) is 0 Å². The molecule has 2 aromatic heterocycles. The molecule has 0 N–H and O–H groups in total. The van der Waals surface area contributed by atoms with E-state index in [1.54, 1.807) is 25.7 Å². The van der Waals surface area contributed by atoms with Gasteiger partial charge in [0.2, 0.25) is 0 Å². The highest BCUT2D eigenvalue weighted by atomic mass is 16.5. The van der Waals surface area contributed by atoms with Crippen LogP contribution in [0.5, 0.6) is 5.75 Å². The van der Waals surface area contributed by atoms with Crippen molar-refractivity contribution in [3.8, 4) is 17.0 Å². The van der Waals surface area contributed by atoms with Crippen LogP contribution in [0.2, 0.25) is 0 Å². The molecule has 0 amide bonds. The molecule has 0 aliphatic heterocycles. The Morgan fingerprint density at radius 3 is 2.86 bits per heavy atom. The molecule has 0 aliphatic carbocycles. The SMILES string of the molecule is COc1ccnc(-c2cccnc2)c1. The minimum atomic E-state index is 0.804. The molecule has 0 radical (unpaired) electrons. The Bertz CT molecular complexity index is 415. The van der Waals surface area contributed by atoms with Crippen molar-refractivity contribution >= 4 is 0 Å². The molecular formula is C11H10N2O. The predicted molar refractivity (Wildman–Crippen MR) is 54.0 cm³/mol. The molecule has 0 aliphatic rings. The fourth-order valence-corrected chi connectivity index (χ4v) is 1.21. The molecule has 0 fully saturated rings. The molecule has 14 heavy (non-hydrogen) atoms. The summed E-state index contributed by atoms with van der Waals surface area (Å²) in [6, 6.07) is 7.56. The molecule has 0 saturated heterocycles. The van der Waals surface area contributed by atoms with Gasteiger partial charge in [0.25, 0.3) is 0 Å². The first-order valence-corrected chi connectivity index (χ1v) is 4.30. The van der Waals surface area contributed by atoms with E-state index in [-0.39, 0.29) is 0 Å². The Morgan fingerprint density at radius 1 is 1.21 bits per heavy atom. The minimum absolute atomic E-state index is 0.804. The van der Waals surface area contributed by atoms with Gasteiger partial charge in [-0.05, 0) is 18.2 Å². The Labute approximate surface area is 82.4 Å². The van der Waals surface area contributed by atoms with Crippen molar-refractivity contribution in [2.45, 2.75) is 0 Å². The zero-order valence-corrected chi connectivity index (χ0v) is 7.84. The van der Waals surface area contributed by atoms with Crippen molar-refractivity contribution in [3.05, 3.63) is 42.9 Å². The Hall–Kier alpha value is -1.90. The average Bonchev–Trinajstić information content (AvgIpc) is 2.30. The van der Waals surface area contributed by atoms with Gasteiger partial charge in [-0.25, -0.2) is 0 Å². The van der Waals surface area contributed by atoms with Gasteiger partial charge in [0.15, 0.2) is 0 Å². The van der Waals surface area contributed by atoms with Gasteiger partial charge in [0.1, 0.15) is 5.75 Å². The number of hydrogen-bond acceptors (Lipinski definition) is 3. The monoisotopic (exact) mass is 186 g/mol. The van der Waals surface area contributed by atoms with E-state index in [1.165, 1.54) is 0 Å². The summed E-state index contributed by atoms with van der Waals surface area (Å²) in [6.07, 6.45) is 5.24. The summed E-state index contributed by atoms with van der Waals surface area (Å²) in [7, 11) is 1.64. The van der Waals surface area contributed by atoms with Crippen LogP contribution in [0, 0.1) is 0 Å². The van der Waals surface area contributed by atoms with Gasteiger partial charge in [-0.3, -0.25) is 9.97 Å². The van der Waals surface area contributed by atoms with Crippen molar-refractivity contribution in [3.63, 3.8) is 0 Å². The number of pyridine rings is 2. The highest BCUT2D eigenvalue weighted by Crippen LogP contribution is 2.19. The minimum Gasteiger partial charge on any atom is -0.497 e. The highest BCUT2D eigenvalue weighted by molar-refractivity contribution is 5.59. The molecular weight excluding hydrogens is 176 g/mol. The van der Waals surface area contributed by atoms with E-state index in [1.807, 2.05) is 24.3 Å². The normalized spacial score (nSPS) is 9.79. The fourth-order valence-electron chi connectivity index (χ4n) is 1.21. The summed E-state index contributed by atoms with van der Waals surface area (Å²) in [4.78, 5) is 8.27. The standard InChI is InChI=1S/C11H10N2O/c1-14-10-4-6-13-11(7-10)9-3-2-5-12-8-9/h2-8H,1H3. The van der Waals surface area contributed by atoms with Gasteiger partial charge in [-0.2, -0.15) is 0 Å². The van der Waals surface area contributed by atoms with Crippen LogP contribution >= 0.6 is 0 Å². The Kier molecular flexibility index (Phi) is 2.40. The summed E-state index contributed by atoms with van der Waals surface area (Å²) in [5.74, 6) is 0.804. The zero-order chi connectivity index (χ0) is 9.80. The molecule has 0 unspecified atom stereocenters. The van der Waals surface area contributed by atoms with Gasteiger partial charge in [-0.1, -0.05) is 0 Å². The summed E-state index contributed by atoms with van der Waals surface area (Å²) >= 11 is 0. The summed E-state index contributed by atoms with van der Waals surface area (Å²) in [5.41, 5.74) is 1.86. The van der Waals surface area contributed by atoms with E-state index in [2.05, 4.69) is 9.97 Å². The lowest BCUT2D eigenvalue weighted by molar-refractivity contribution is 0.414. The second kappa shape index (κ2) is 3.87. The third-order valence-electron chi connectivity index (χ3n) is 1.92. The third-order valence-corrected chi connectivity index (χ3v) is 1.92. The molecule has 0 atom stereocenters. The van der Waals surface area contributed by atoms with Crippen LogP contribution in [-0.2, 0) is 0 Å². The fraction of sp³-hybridized carbons (Fsp3) is 0.0909. The molecule has 0 bridgehead atoms. The molecule has 2 aromatic rings. The van der Waals surface area contributed by atoms with E-state index >= 15 is 0 Å². The van der Waals surface area contributed by atoms with E-state index in [0.717, 1.165) is 17.0 Å². The highest BCUT2D eigenvalue weighted by Gasteiger charge is 1.99. The molecule has 2 heterocycles. The lowest BCUT2D eigenvalue weighted by Gasteiger charge is -2.02. The number of hydrogen-bond donors (Lipinski definition) is 0. The van der Waals surface area contributed by atoms with Gasteiger partial charge in [0, 0.05) is 30.2 Å². The Balaban J connectivity index is 2.42. The molecule has 0 aromatic carbocycles. The third kappa shape index (κ3) is 1.71. The number of rotatable bonds is 2. The maximum Gasteiger partial charge on any atom is 0.122 e. The summed E-state index contributed by atoms with van der Waals surface area (Å²) in [6.45, 7) is 0. The largest absolute Gasteiger partial charge is 0.497 e. The zero-order valence-electron chi connectivity index (χ0n) is 7.84. The molecule has 70 valence electrons. The van der Waals surface area contributed by atoms with E-state index in [4.69, 9.17) is 4.74 Å². The van der Waals surface area contributed by atoms with Crippen molar-refractivity contribution < 1.29 is 4.74 Å². The molecule has 2 rings (SSSR count). The van der Waals surface area contributed by atoms with E-state index < -0.39 is 0 Å². The van der Waals surface area contributed by atoms with Crippen LogP contribution in [0.15, 0.2) is 42.9 Å². The van der Waals surface area contributed by atoms with Crippen molar-refractivity contribution in [1.29, 1.82) is 0 Å². The van der Waals surface area contributed by atoms with Crippen LogP contribution in [0.1, 0.15) is 0 Å². The lowest BCUT2D eigenvalue weighted by Crippen LogP contribution is -1.87. The van der Waals surface area contributed by atoms with Crippen LogP contribution < -0.4 is 4.74 Å². The first-order chi connectivity index (χ1) is 6.90. The Morgan fingerprint density at radius 2 is 2.14 bits per heavy atom. The number of methoxy groups -OCH3 is 1. The first-order valence-electron chi connectivity index (χ1n) is 4.30. The van der Waals surface area contributed by atoms with Gasteiger partial charge < -0.3 is 4.74 Å². The number of nitrogens with zero attached hydrogens (tertiary/aromatic N) is 2. The molecule has 0 saturated carbocycles. The first kappa shape index (κ1) is 8.69. The molecule has 3 heteroatoms. The van der Waals surface area contributed by atoms with Crippen LogP contribution in [-0.4, -0.2) is 17.1 Å². The van der Waals surface area contributed by atoms with Crippen molar-refractivity contribution in [2.75, 3.05) is 7.11 Å². The lowest BCUT2D eigenvalue weighted by atomic mass is 10.2. The second-order valence-electron chi connectivity index (χ2n) is 2.82. The topological polar surface area (TPSA) is 35.0 Å². The summed E-state index contributed by atoms with van der Waals surface area (Å²) in [5, 5.41) is 0. The van der Waals surface area contributed by atoms with Crippen LogP contribution in [0.3, 0.4) is 0 Å². The van der Waals surface area contributed by atoms with E-state index in [9.17, 15) is 0 Å². The second-order valence-corrected chi connectivity index (χ2v) is 2.82. The number of ether oxygens (including phenoxy) is 1. The van der Waals surface area contributed by atoms with E-state index in [0.29, 0.717) is 0 Å². The predicted octanol–water partition coefficient (Wildman–Crippen LogP) is 2.15. The smallest absolute Gasteiger partial charge is 0.122 e. The van der Waals surface area contributed by atoms with Gasteiger partial charge >= 0.3 is 0 Å². The number of aromatic nitrogens is 2. The molecule has 3 nitrogen and oxygen atoms in total. The van der Waals surface area contributed by atoms with Crippen LogP contribution in [0.25, 0.3) is 11.3 Å². The maximum atomic E-state index is 5.12. The summed E-state index contributed by atoms with van der Waals surface area (Å²) < 4.78 is 5.12. The van der Waals surface area contributed by atoms with Crippen molar-refractivity contribution in [1.82, 2.24) is 9.97 Å². The quantitative estimate of drug-likeness (QED) is 0.720. The maximum absolute atomic E-state index is 5.12. The molecule has 0 spiro atoms. The van der Waals surface area contributed by atoms with Crippen LogP contribution in [0.4, 0.5) is 0 Å². The average molecular weight is 186 g/mol. The van der Waals surface area contributed by atoms with Gasteiger partial charge in [-0.15, -0.1) is 0 Å².